The molecule has 1 aromatic carbocycles. The third-order valence-corrected chi connectivity index (χ3v) is 8.60. The standard InChI is InChI=1S/C24H48O6Si6/c1-31(2)13-25-19-20(26-14-32(3)4)22(28-16-34(7)8)24(30-18-36(11)12)23(29-17-35(9)10)21(19)27-15-33(5)6/h13-18H2,1-12H3. The van der Waals surface area contributed by atoms with E-state index in [4.69, 9.17) is 28.4 Å². The lowest BCUT2D eigenvalue weighted by Gasteiger charge is -2.27. The molecule has 12 heteroatoms. The van der Waals surface area contributed by atoms with Gasteiger partial charge in [-0.1, -0.05) is 78.6 Å². The molecular weight excluding hydrogens is 553 g/mol. The Morgan fingerprint density at radius 3 is 0.472 bits per heavy atom. The van der Waals surface area contributed by atoms with Crippen molar-refractivity contribution in [2.75, 3.05) is 37.4 Å². The van der Waals surface area contributed by atoms with Gasteiger partial charge in [-0.3, -0.25) is 0 Å². The topological polar surface area (TPSA) is 55.4 Å². The van der Waals surface area contributed by atoms with Gasteiger partial charge in [-0.25, -0.2) is 0 Å². The quantitative estimate of drug-likeness (QED) is 0.201. The summed E-state index contributed by atoms with van der Waals surface area (Å²) in [6.45, 7) is 26.9. The van der Waals surface area contributed by atoms with Crippen molar-refractivity contribution in [1.82, 2.24) is 0 Å². The van der Waals surface area contributed by atoms with E-state index < -0.39 is 52.8 Å². The molecule has 0 atom stereocenters. The highest BCUT2D eigenvalue weighted by atomic mass is 28.3. The molecule has 0 saturated carbocycles. The molecule has 0 aliphatic carbocycles. The van der Waals surface area contributed by atoms with E-state index in [0.29, 0.717) is 71.9 Å². The Balaban J connectivity index is 3.95. The lowest BCUT2D eigenvalue weighted by Crippen LogP contribution is -2.23. The highest BCUT2D eigenvalue weighted by Gasteiger charge is 2.33. The molecule has 0 N–H and O–H groups in total. The minimum atomic E-state index is -0.653. The van der Waals surface area contributed by atoms with Gasteiger partial charge in [0, 0.05) is 0 Å². The summed E-state index contributed by atoms with van der Waals surface area (Å²) in [7, 11) is -3.92. The maximum absolute atomic E-state index is 6.50. The minimum Gasteiger partial charge on any atom is -0.490 e. The van der Waals surface area contributed by atoms with E-state index in [0.717, 1.165) is 0 Å². The molecule has 0 bridgehead atoms. The summed E-state index contributed by atoms with van der Waals surface area (Å²) >= 11 is 0. The van der Waals surface area contributed by atoms with Crippen molar-refractivity contribution in [3.05, 3.63) is 0 Å². The maximum Gasteiger partial charge on any atom is 0.211 e. The van der Waals surface area contributed by atoms with Crippen LogP contribution in [0.15, 0.2) is 0 Å². The molecule has 6 nitrogen and oxygen atoms in total. The first-order valence-corrected chi connectivity index (χ1v) is 28.8. The molecule has 0 spiro atoms. The van der Waals surface area contributed by atoms with Crippen LogP contribution in [-0.4, -0.2) is 90.2 Å². The highest BCUT2D eigenvalue weighted by Crippen LogP contribution is 2.58. The van der Waals surface area contributed by atoms with Crippen LogP contribution in [-0.2, 0) is 0 Å². The molecule has 0 heterocycles. The minimum absolute atomic E-state index is 0.616. The van der Waals surface area contributed by atoms with Crippen molar-refractivity contribution in [3.63, 3.8) is 0 Å². The molecule has 0 unspecified atom stereocenters. The van der Waals surface area contributed by atoms with Crippen molar-refractivity contribution in [2.45, 2.75) is 78.6 Å². The Morgan fingerprint density at radius 1 is 0.278 bits per heavy atom. The van der Waals surface area contributed by atoms with Gasteiger partial charge in [-0.15, -0.1) is 0 Å². The van der Waals surface area contributed by atoms with E-state index in [1.165, 1.54) is 0 Å². The van der Waals surface area contributed by atoms with Gasteiger partial charge in [0.1, 0.15) is 0 Å². The average molecular weight is 601 g/mol. The molecule has 204 valence electrons. The number of benzene rings is 1. The van der Waals surface area contributed by atoms with Gasteiger partial charge in [0.25, 0.3) is 0 Å². The molecule has 6 radical (unpaired) electrons. The van der Waals surface area contributed by atoms with Gasteiger partial charge in [0.05, 0.1) is 90.2 Å². The summed E-state index contributed by atoms with van der Waals surface area (Å²) < 4.78 is 39.0. The fourth-order valence-corrected chi connectivity index (χ4v) is 5.30. The van der Waals surface area contributed by atoms with Crippen LogP contribution >= 0.6 is 0 Å². The van der Waals surface area contributed by atoms with Crippen molar-refractivity contribution in [2.24, 2.45) is 0 Å². The molecule has 0 aliphatic heterocycles. The Bertz CT molecular complexity index is 591. The summed E-state index contributed by atoms with van der Waals surface area (Å²) in [5.74, 6) is 3.70. The SMILES string of the molecule is C[Si](C)COc1c(OC[Si](C)C)c(OC[Si](C)C)c(OC[Si](C)C)c(OC[Si](C)C)c1OC[Si](C)C. The second-order valence-electron chi connectivity index (χ2n) is 10.9. The van der Waals surface area contributed by atoms with E-state index >= 15 is 0 Å². The fourth-order valence-electron chi connectivity index (χ4n) is 2.70. The molecule has 0 aliphatic rings. The van der Waals surface area contributed by atoms with Crippen LogP contribution in [0.1, 0.15) is 0 Å². The normalized spacial score (nSPS) is 11.8. The lowest BCUT2D eigenvalue weighted by atomic mass is 10.2. The van der Waals surface area contributed by atoms with E-state index in [-0.39, 0.29) is 0 Å². The number of hydrogen-bond acceptors (Lipinski definition) is 6. The van der Waals surface area contributed by atoms with Crippen molar-refractivity contribution >= 4 is 52.8 Å². The van der Waals surface area contributed by atoms with Crippen LogP contribution in [0, 0.1) is 0 Å². The molecule has 0 amide bonds. The van der Waals surface area contributed by atoms with Crippen molar-refractivity contribution in [3.8, 4) is 34.5 Å². The number of hydrogen-bond donors (Lipinski definition) is 0. The van der Waals surface area contributed by atoms with Crippen LogP contribution in [0.5, 0.6) is 34.5 Å². The van der Waals surface area contributed by atoms with Crippen molar-refractivity contribution < 1.29 is 28.4 Å². The van der Waals surface area contributed by atoms with Gasteiger partial charge < -0.3 is 28.4 Å². The van der Waals surface area contributed by atoms with Crippen LogP contribution < -0.4 is 28.4 Å². The van der Waals surface area contributed by atoms with Gasteiger partial charge in [-0.2, -0.15) is 0 Å². The Labute approximate surface area is 231 Å². The first-order valence-electron chi connectivity index (χ1n) is 12.6. The number of rotatable bonds is 18. The third kappa shape index (κ3) is 12.2. The Morgan fingerprint density at radius 2 is 0.389 bits per heavy atom. The summed E-state index contributed by atoms with van der Waals surface area (Å²) in [5.41, 5.74) is 0. The molecular formula is C24H48O6Si6. The molecule has 0 fully saturated rings. The first kappa shape index (κ1) is 33.3. The van der Waals surface area contributed by atoms with Crippen LogP contribution in [0.3, 0.4) is 0 Å². The van der Waals surface area contributed by atoms with E-state index in [1.807, 2.05) is 0 Å². The number of ether oxygens (including phenoxy) is 6. The Hall–Kier alpha value is -0.679. The smallest absolute Gasteiger partial charge is 0.211 e. The van der Waals surface area contributed by atoms with Crippen LogP contribution in [0.25, 0.3) is 0 Å². The van der Waals surface area contributed by atoms with E-state index in [1.54, 1.807) is 0 Å². The molecule has 0 saturated heterocycles. The van der Waals surface area contributed by atoms with Gasteiger partial charge in [-0.05, 0) is 0 Å². The zero-order valence-electron chi connectivity index (χ0n) is 24.7. The zero-order valence-corrected chi connectivity index (χ0v) is 30.7. The van der Waals surface area contributed by atoms with Gasteiger partial charge in [0.15, 0.2) is 0 Å². The summed E-state index contributed by atoms with van der Waals surface area (Å²) in [6.07, 6.45) is 3.87. The maximum atomic E-state index is 6.50. The average Bonchev–Trinajstić information content (AvgIpc) is 2.75. The van der Waals surface area contributed by atoms with Gasteiger partial charge >= 0.3 is 0 Å². The highest BCUT2D eigenvalue weighted by molar-refractivity contribution is 6.57. The predicted octanol–water partition coefficient (Wildman–Crippen LogP) is 5.72. The third-order valence-electron chi connectivity index (χ3n) is 4.27. The fraction of sp³-hybridized carbons (Fsp3) is 0.750. The molecule has 1 rings (SSSR count). The largest absolute Gasteiger partial charge is 0.490 e. The van der Waals surface area contributed by atoms with Gasteiger partial charge in [0.2, 0.25) is 34.5 Å². The second-order valence-corrected chi connectivity index (χ2v) is 27.2. The molecule has 36 heavy (non-hydrogen) atoms. The summed E-state index contributed by atoms with van der Waals surface area (Å²) in [5, 5.41) is 0. The monoisotopic (exact) mass is 600 g/mol. The second kappa shape index (κ2) is 17.0. The van der Waals surface area contributed by atoms with Crippen LogP contribution in [0.4, 0.5) is 0 Å². The zero-order chi connectivity index (χ0) is 27.4. The van der Waals surface area contributed by atoms with Crippen molar-refractivity contribution in [1.29, 1.82) is 0 Å². The lowest BCUT2D eigenvalue weighted by molar-refractivity contribution is 0.242. The van der Waals surface area contributed by atoms with Crippen LogP contribution in [0.2, 0.25) is 78.6 Å². The summed E-state index contributed by atoms with van der Waals surface area (Å²) in [6, 6.07) is 0. The molecule has 0 aromatic heterocycles. The van der Waals surface area contributed by atoms with E-state index in [2.05, 4.69) is 78.6 Å². The molecule has 1 aromatic rings. The Kier molecular flexibility index (Phi) is 15.8. The first-order chi connectivity index (χ1) is 16.8. The predicted molar refractivity (Wildman–Crippen MR) is 164 cm³/mol. The summed E-state index contributed by atoms with van der Waals surface area (Å²) in [4.78, 5) is 0. The van der Waals surface area contributed by atoms with E-state index in [9.17, 15) is 0 Å².